The first-order valence-corrected chi connectivity index (χ1v) is 11.9. The van der Waals surface area contributed by atoms with E-state index in [1.807, 2.05) is 48.5 Å². The van der Waals surface area contributed by atoms with Gasteiger partial charge in [-0.1, -0.05) is 64.1 Å². The van der Waals surface area contributed by atoms with E-state index in [0.717, 1.165) is 16.7 Å². The number of carbonyl (C=O) groups excluding carboxylic acids is 2. The average Bonchev–Trinajstić information content (AvgIpc) is 3.14. The van der Waals surface area contributed by atoms with E-state index in [-0.39, 0.29) is 11.3 Å². The molecule has 1 amide bonds. The molecule has 1 unspecified atom stereocenters. The van der Waals surface area contributed by atoms with Gasteiger partial charge in [0, 0.05) is 11.3 Å². The molecule has 0 aromatic heterocycles. The summed E-state index contributed by atoms with van der Waals surface area (Å²) >= 11 is 0. The molecule has 1 fully saturated rings. The van der Waals surface area contributed by atoms with Crippen molar-refractivity contribution in [3.8, 4) is 5.75 Å². The van der Waals surface area contributed by atoms with Crippen molar-refractivity contribution in [1.82, 2.24) is 0 Å². The second kappa shape index (κ2) is 9.79. The summed E-state index contributed by atoms with van der Waals surface area (Å²) in [5, 5.41) is 11.3. The van der Waals surface area contributed by atoms with Crippen LogP contribution in [0.1, 0.15) is 67.8 Å². The molecule has 1 N–H and O–H groups in total. The molecule has 1 saturated heterocycles. The summed E-state index contributed by atoms with van der Waals surface area (Å²) in [6.45, 7) is 8.43. The highest BCUT2D eigenvalue weighted by atomic mass is 16.5. The second-order valence-corrected chi connectivity index (χ2v) is 9.47. The number of anilines is 1. The molecule has 1 aliphatic rings. The minimum atomic E-state index is -0.747. The number of hydrogen-bond acceptors (Lipinski definition) is 4. The van der Waals surface area contributed by atoms with Crippen molar-refractivity contribution in [1.29, 1.82) is 0 Å². The van der Waals surface area contributed by atoms with E-state index in [1.54, 1.807) is 31.4 Å². The zero-order valence-electron chi connectivity index (χ0n) is 20.8. The molecule has 5 heteroatoms. The third-order valence-corrected chi connectivity index (χ3v) is 6.56. The first-order chi connectivity index (χ1) is 16.7. The van der Waals surface area contributed by atoms with Crippen LogP contribution in [0.4, 0.5) is 5.69 Å². The lowest BCUT2D eigenvalue weighted by molar-refractivity contribution is -0.132. The molecule has 3 aromatic rings. The Kier molecular flexibility index (Phi) is 6.79. The molecule has 0 radical (unpaired) electrons. The third kappa shape index (κ3) is 4.59. The number of ketones is 1. The van der Waals surface area contributed by atoms with Crippen LogP contribution in [0.25, 0.3) is 5.76 Å². The lowest BCUT2D eigenvalue weighted by Crippen LogP contribution is -2.29. The molecule has 180 valence electrons. The Morgan fingerprint density at radius 3 is 1.80 bits per heavy atom. The lowest BCUT2D eigenvalue weighted by atomic mass is 9.93. The monoisotopic (exact) mass is 469 g/mol. The van der Waals surface area contributed by atoms with E-state index in [2.05, 4.69) is 27.7 Å². The largest absolute Gasteiger partial charge is 0.507 e. The van der Waals surface area contributed by atoms with Crippen LogP contribution >= 0.6 is 0 Å². The van der Waals surface area contributed by atoms with Crippen LogP contribution in [0, 0.1) is 0 Å². The third-order valence-electron chi connectivity index (χ3n) is 6.56. The van der Waals surface area contributed by atoms with Gasteiger partial charge in [-0.15, -0.1) is 0 Å². The minimum Gasteiger partial charge on any atom is -0.507 e. The van der Waals surface area contributed by atoms with Gasteiger partial charge in [0.1, 0.15) is 11.5 Å². The Labute approximate surface area is 206 Å². The van der Waals surface area contributed by atoms with Crippen molar-refractivity contribution >= 4 is 23.1 Å². The number of Topliss-reactive ketones (excluding diaryl/α,β-unsaturated/α-hetero) is 1. The predicted molar refractivity (Wildman–Crippen MR) is 139 cm³/mol. The van der Waals surface area contributed by atoms with Gasteiger partial charge in [0.05, 0.1) is 18.7 Å². The standard InChI is InChI=1S/C30H31NO4/c1-18(2)20-6-8-22(9-7-20)27-26(28(32)23-12-16-25(35-5)17-13-23)29(33)30(34)31(27)24-14-10-21(11-15-24)19(3)4/h6-19,27,32H,1-5H3/b28-26-. The molecule has 5 nitrogen and oxygen atoms in total. The molecule has 1 atom stereocenters. The molecular formula is C30H31NO4. The number of amides is 1. The maximum Gasteiger partial charge on any atom is 0.300 e. The zero-order chi connectivity index (χ0) is 25.3. The SMILES string of the molecule is COc1ccc(/C(O)=C2/C(=O)C(=O)N(c3ccc(C(C)C)cc3)C2c2ccc(C(C)C)cc2)cc1. The Morgan fingerprint density at radius 1 is 0.800 bits per heavy atom. The van der Waals surface area contributed by atoms with Crippen LogP contribution in [-0.4, -0.2) is 23.9 Å². The van der Waals surface area contributed by atoms with E-state index >= 15 is 0 Å². The maximum atomic E-state index is 13.3. The van der Waals surface area contributed by atoms with Gasteiger partial charge in [-0.05, 0) is 64.9 Å². The summed E-state index contributed by atoms with van der Waals surface area (Å²) < 4.78 is 5.21. The number of aliphatic hydroxyl groups is 1. The number of hydrogen-bond donors (Lipinski definition) is 1. The Hall–Kier alpha value is -3.86. The molecule has 4 rings (SSSR count). The topological polar surface area (TPSA) is 66.8 Å². The lowest BCUT2D eigenvalue weighted by Gasteiger charge is -2.26. The van der Waals surface area contributed by atoms with E-state index < -0.39 is 17.7 Å². The highest BCUT2D eigenvalue weighted by Crippen LogP contribution is 2.42. The highest BCUT2D eigenvalue weighted by molar-refractivity contribution is 6.51. The number of methoxy groups -OCH3 is 1. The van der Waals surface area contributed by atoms with Gasteiger partial charge < -0.3 is 9.84 Å². The van der Waals surface area contributed by atoms with Crippen LogP contribution in [0.3, 0.4) is 0 Å². The van der Waals surface area contributed by atoms with Crippen molar-refractivity contribution in [2.75, 3.05) is 12.0 Å². The Bertz CT molecular complexity index is 1250. The molecule has 1 aliphatic heterocycles. The molecule has 0 aliphatic carbocycles. The van der Waals surface area contributed by atoms with E-state index in [1.165, 1.54) is 4.90 Å². The van der Waals surface area contributed by atoms with Gasteiger partial charge in [-0.3, -0.25) is 14.5 Å². The van der Waals surface area contributed by atoms with Gasteiger partial charge in [0.25, 0.3) is 11.7 Å². The molecule has 0 bridgehead atoms. The number of aliphatic hydroxyl groups excluding tert-OH is 1. The Morgan fingerprint density at radius 2 is 1.31 bits per heavy atom. The quantitative estimate of drug-likeness (QED) is 0.252. The molecule has 0 spiro atoms. The maximum absolute atomic E-state index is 13.3. The number of nitrogens with zero attached hydrogens (tertiary/aromatic N) is 1. The first-order valence-electron chi connectivity index (χ1n) is 11.9. The molecule has 35 heavy (non-hydrogen) atoms. The van der Waals surface area contributed by atoms with Gasteiger partial charge in [0.15, 0.2) is 0 Å². The fourth-order valence-corrected chi connectivity index (χ4v) is 4.40. The van der Waals surface area contributed by atoms with Crippen LogP contribution < -0.4 is 9.64 Å². The highest BCUT2D eigenvalue weighted by Gasteiger charge is 2.47. The van der Waals surface area contributed by atoms with Crippen molar-refractivity contribution < 1.29 is 19.4 Å². The van der Waals surface area contributed by atoms with Gasteiger partial charge in [-0.25, -0.2) is 0 Å². The number of rotatable bonds is 6. The number of ether oxygens (including phenoxy) is 1. The fourth-order valence-electron chi connectivity index (χ4n) is 4.40. The van der Waals surface area contributed by atoms with E-state index in [4.69, 9.17) is 4.74 Å². The second-order valence-electron chi connectivity index (χ2n) is 9.47. The zero-order valence-corrected chi connectivity index (χ0v) is 20.8. The molecular weight excluding hydrogens is 438 g/mol. The summed E-state index contributed by atoms with van der Waals surface area (Å²) in [4.78, 5) is 28.2. The summed E-state index contributed by atoms with van der Waals surface area (Å²) in [7, 11) is 1.56. The van der Waals surface area contributed by atoms with Crippen LogP contribution in [-0.2, 0) is 9.59 Å². The summed E-state index contributed by atoms with van der Waals surface area (Å²) in [6, 6.07) is 21.6. The van der Waals surface area contributed by atoms with Crippen molar-refractivity contribution in [2.24, 2.45) is 0 Å². The summed E-state index contributed by atoms with van der Waals surface area (Å²) in [5.41, 5.74) is 4.19. The Balaban J connectivity index is 1.88. The van der Waals surface area contributed by atoms with Gasteiger partial charge in [-0.2, -0.15) is 0 Å². The van der Waals surface area contributed by atoms with Gasteiger partial charge in [0.2, 0.25) is 0 Å². The minimum absolute atomic E-state index is 0.0744. The average molecular weight is 470 g/mol. The normalized spacial score (nSPS) is 17.5. The molecule has 1 heterocycles. The van der Waals surface area contributed by atoms with Crippen molar-refractivity contribution in [2.45, 2.75) is 45.6 Å². The van der Waals surface area contributed by atoms with Crippen LogP contribution in [0.2, 0.25) is 0 Å². The smallest absolute Gasteiger partial charge is 0.300 e. The number of carbonyl (C=O) groups is 2. The van der Waals surface area contributed by atoms with E-state index in [0.29, 0.717) is 28.8 Å². The van der Waals surface area contributed by atoms with Crippen molar-refractivity contribution in [3.63, 3.8) is 0 Å². The number of benzene rings is 3. The molecule has 3 aromatic carbocycles. The van der Waals surface area contributed by atoms with Gasteiger partial charge >= 0.3 is 0 Å². The fraction of sp³-hybridized carbons (Fsp3) is 0.267. The first kappa shape index (κ1) is 24.3. The van der Waals surface area contributed by atoms with Crippen molar-refractivity contribution in [3.05, 3.63) is 101 Å². The molecule has 0 saturated carbocycles. The van der Waals surface area contributed by atoms with Crippen LogP contribution in [0.15, 0.2) is 78.4 Å². The summed E-state index contributed by atoms with van der Waals surface area (Å²) in [5.74, 6) is -0.245. The predicted octanol–water partition coefficient (Wildman–Crippen LogP) is 6.57. The van der Waals surface area contributed by atoms with E-state index in [9.17, 15) is 14.7 Å². The van der Waals surface area contributed by atoms with Crippen LogP contribution in [0.5, 0.6) is 5.75 Å². The summed E-state index contributed by atoms with van der Waals surface area (Å²) in [6.07, 6.45) is 0.